The van der Waals surface area contributed by atoms with Crippen molar-refractivity contribution in [3.05, 3.63) is 35.2 Å². The molecule has 0 saturated carbocycles. The molecule has 3 rings (SSSR count). The van der Waals surface area contributed by atoms with Crippen LogP contribution in [-0.2, 0) is 4.79 Å². The Morgan fingerprint density at radius 3 is 2.43 bits per heavy atom. The van der Waals surface area contributed by atoms with E-state index in [1.165, 1.54) is 0 Å². The lowest BCUT2D eigenvalue weighted by Gasteiger charge is -2.23. The second-order valence-corrected chi connectivity index (χ2v) is 8.64. The molecule has 2 aromatic rings. The van der Waals surface area contributed by atoms with E-state index in [4.69, 9.17) is 0 Å². The number of nitrogens with one attached hydrogen (secondary N) is 3. The van der Waals surface area contributed by atoms with Crippen molar-refractivity contribution in [1.29, 1.82) is 0 Å². The lowest BCUT2D eigenvalue weighted by Crippen LogP contribution is -2.30. The Morgan fingerprint density at radius 2 is 1.80 bits per heavy atom. The molecule has 1 aliphatic rings. The lowest BCUT2D eigenvalue weighted by atomic mass is 9.95. The zero-order valence-electron chi connectivity index (χ0n) is 18.2. The van der Waals surface area contributed by atoms with Crippen molar-refractivity contribution < 1.29 is 9.59 Å². The van der Waals surface area contributed by atoms with Crippen LogP contribution in [0.15, 0.2) is 18.2 Å². The minimum absolute atomic E-state index is 0. The molecular formula is C21H31ClN6O2. The van der Waals surface area contributed by atoms with E-state index >= 15 is 0 Å². The molecule has 1 aromatic heterocycles. The predicted octanol–water partition coefficient (Wildman–Crippen LogP) is 3.48. The van der Waals surface area contributed by atoms with E-state index in [1.807, 2.05) is 51.4 Å². The number of rotatable bonds is 4. The first-order valence-electron chi connectivity index (χ1n) is 10.0. The maximum absolute atomic E-state index is 12.8. The van der Waals surface area contributed by atoms with Gasteiger partial charge in [0.2, 0.25) is 5.91 Å². The van der Waals surface area contributed by atoms with Gasteiger partial charge in [0.15, 0.2) is 5.69 Å². The number of aromatic nitrogens is 3. The Kier molecular flexibility index (Phi) is 7.60. The number of carbonyl (C=O) groups excluding carboxylic acids is 2. The second kappa shape index (κ2) is 9.57. The van der Waals surface area contributed by atoms with Gasteiger partial charge >= 0.3 is 0 Å². The number of hydrogen-bond acceptors (Lipinski definition) is 5. The lowest BCUT2D eigenvalue weighted by molar-refractivity contribution is -0.123. The van der Waals surface area contributed by atoms with E-state index in [-0.39, 0.29) is 30.3 Å². The van der Waals surface area contributed by atoms with Gasteiger partial charge in [-0.05, 0) is 57.5 Å². The third-order valence-corrected chi connectivity index (χ3v) is 5.22. The Labute approximate surface area is 183 Å². The van der Waals surface area contributed by atoms with Gasteiger partial charge in [-0.25, -0.2) is 4.68 Å². The molecule has 0 bridgehead atoms. The van der Waals surface area contributed by atoms with Crippen LogP contribution in [0.5, 0.6) is 0 Å². The van der Waals surface area contributed by atoms with E-state index in [1.54, 1.807) is 6.07 Å². The van der Waals surface area contributed by atoms with Crippen LogP contribution < -0.4 is 16.0 Å². The zero-order chi connectivity index (χ0) is 21.2. The fourth-order valence-corrected chi connectivity index (χ4v) is 3.28. The Balaban J connectivity index is 0.00000320. The summed E-state index contributed by atoms with van der Waals surface area (Å²) in [6.07, 6.45) is 1.94. The normalized spacial score (nSPS) is 14.7. The number of amides is 2. The summed E-state index contributed by atoms with van der Waals surface area (Å²) in [5.74, 6) is -0.385. The first kappa shape index (κ1) is 23.8. The number of hydrogen-bond donors (Lipinski definition) is 3. The van der Waals surface area contributed by atoms with E-state index < -0.39 is 5.41 Å². The van der Waals surface area contributed by atoms with Gasteiger partial charge in [0.25, 0.3) is 5.91 Å². The average Bonchev–Trinajstić information content (AvgIpc) is 3.06. The summed E-state index contributed by atoms with van der Waals surface area (Å²) in [7, 11) is 0. The standard InChI is InChI=1S/C21H30N6O2.ClH/c1-13-6-7-15(23-20(29)21(3,4)5)12-17(13)24-19(28)18-14(2)27(26-25-18)16-8-10-22-11-9-16;/h6-7,12,16,22H,8-11H2,1-5H3,(H,23,29)(H,24,28);1H. The molecule has 0 atom stereocenters. The van der Waals surface area contributed by atoms with Gasteiger partial charge in [-0.3, -0.25) is 9.59 Å². The summed E-state index contributed by atoms with van der Waals surface area (Å²) >= 11 is 0. The number of anilines is 2. The van der Waals surface area contributed by atoms with Crippen LogP contribution >= 0.6 is 12.4 Å². The zero-order valence-corrected chi connectivity index (χ0v) is 19.0. The highest BCUT2D eigenvalue weighted by molar-refractivity contribution is 6.04. The van der Waals surface area contributed by atoms with E-state index in [2.05, 4.69) is 26.3 Å². The summed E-state index contributed by atoms with van der Waals surface area (Å²) < 4.78 is 1.86. The minimum atomic E-state index is -0.501. The van der Waals surface area contributed by atoms with E-state index in [0.717, 1.165) is 37.2 Å². The van der Waals surface area contributed by atoms with Crippen molar-refractivity contribution >= 4 is 35.6 Å². The van der Waals surface area contributed by atoms with Gasteiger partial charge in [0.1, 0.15) is 0 Å². The summed E-state index contributed by atoms with van der Waals surface area (Å²) in [4.78, 5) is 25.1. The van der Waals surface area contributed by atoms with Crippen molar-refractivity contribution in [3.8, 4) is 0 Å². The van der Waals surface area contributed by atoms with Crippen LogP contribution in [0, 0.1) is 19.3 Å². The van der Waals surface area contributed by atoms with Gasteiger partial charge in [-0.2, -0.15) is 0 Å². The molecule has 0 aliphatic carbocycles. The maximum Gasteiger partial charge on any atom is 0.278 e. The molecule has 8 nitrogen and oxygen atoms in total. The number of benzene rings is 1. The van der Waals surface area contributed by atoms with Crippen LogP contribution in [-0.4, -0.2) is 39.9 Å². The smallest absolute Gasteiger partial charge is 0.278 e. The fraction of sp³-hybridized carbons (Fsp3) is 0.524. The van der Waals surface area contributed by atoms with Gasteiger partial charge in [0.05, 0.1) is 11.7 Å². The van der Waals surface area contributed by atoms with E-state index in [9.17, 15) is 9.59 Å². The maximum atomic E-state index is 12.8. The molecule has 0 unspecified atom stereocenters. The highest BCUT2D eigenvalue weighted by atomic mass is 35.5. The topological polar surface area (TPSA) is 101 Å². The first-order valence-corrected chi connectivity index (χ1v) is 10.0. The summed E-state index contributed by atoms with van der Waals surface area (Å²) in [5.41, 5.74) is 2.77. The average molecular weight is 435 g/mol. The molecule has 1 aromatic carbocycles. The molecule has 1 saturated heterocycles. The van der Waals surface area contributed by atoms with Crippen LogP contribution in [0.4, 0.5) is 11.4 Å². The van der Waals surface area contributed by atoms with Crippen LogP contribution in [0.3, 0.4) is 0 Å². The highest BCUT2D eigenvalue weighted by Gasteiger charge is 2.24. The molecule has 9 heteroatoms. The summed E-state index contributed by atoms with van der Waals surface area (Å²) in [6, 6.07) is 5.73. The third kappa shape index (κ3) is 5.37. The van der Waals surface area contributed by atoms with Crippen LogP contribution in [0.1, 0.15) is 61.4 Å². The van der Waals surface area contributed by atoms with Crippen LogP contribution in [0.2, 0.25) is 0 Å². The highest BCUT2D eigenvalue weighted by Crippen LogP contribution is 2.25. The number of halogens is 1. The van der Waals surface area contributed by atoms with Gasteiger partial charge in [-0.15, -0.1) is 17.5 Å². The van der Waals surface area contributed by atoms with Crippen molar-refractivity contribution in [1.82, 2.24) is 20.3 Å². The SMILES string of the molecule is Cc1ccc(NC(=O)C(C)(C)C)cc1NC(=O)c1nnn(C2CCNCC2)c1C.Cl. The molecule has 30 heavy (non-hydrogen) atoms. The Hall–Kier alpha value is -2.45. The minimum Gasteiger partial charge on any atom is -0.326 e. The molecule has 2 amide bonds. The molecular weight excluding hydrogens is 404 g/mol. The number of piperidine rings is 1. The Morgan fingerprint density at radius 1 is 1.13 bits per heavy atom. The quantitative estimate of drug-likeness (QED) is 0.683. The summed E-state index contributed by atoms with van der Waals surface area (Å²) in [6.45, 7) is 11.2. The van der Waals surface area contributed by atoms with Crippen molar-refractivity contribution in [3.63, 3.8) is 0 Å². The monoisotopic (exact) mass is 434 g/mol. The number of carbonyl (C=O) groups is 2. The molecule has 2 heterocycles. The first-order chi connectivity index (χ1) is 13.7. The van der Waals surface area contributed by atoms with Crippen molar-refractivity contribution in [2.45, 2.75) is 53.5 Å². The van der Waals surface area contributed by atoms with Gasteiger partial charge in [-0.1, -0.05) is 32.1 Å². The van der Waals surface area contributed by atoms with Crippen LogP contribution in [0.25, 0.3) is 0 Å². The predicted molar refractivity (Wildman–Crippen MR) is 120 cm³/mol. The molecule has 0 spiro atoms. The molecule has 164 valence electrons. The second-order valence-electron chi connectivity index (χ2n) is 8.64. The van der Waals surface area contributed by atoms with Gasteiger partial charge < -0.3 is 16.0 Å². The summed E-state index contributed by atoms with van der Waals surface area (Å²) in [5, 5.41) is 17.5. The number of nitrogens with zero attached hydrogens (tertiary/aromatic N) is 3. The Bertz CT molecular complexity index is 913. The molecule has 1 fully saturated rings. The van der Waals surface area contributed by atoms with Crippen molar-refractivity contribution in [2.75, 3.05) is 23.7 Å². The van der Waals surface area contributed by atoms with Crippen molar-refractivity contribution in [2.24, 2.45) is 5.41 Å². The van der Waals surface area contributed by atoms with E-state index in [0.29, 0.717) is 17.1 Å². The molecule has 1 aliphatic heterocycles. The number of aryl methyl sites for hydroxylation is 1. The third-order valence-electron chi connectivity index (χ3n) is 5.22. The van der Waals surface area contributed by atoms with Gasteiger partial charge in [0, 0.05) is 16.8 Å². The largest absolute Gasteiger partial charge is 0.326 e. The fourth-order valence-electron chi connectivity index (χ4n) is 3.28. The molecule has 0 radical (unpaired) electrons. The molecule has 3 N–H and O–H groups in total.